The Morgan fingerprint density at radius 2 is 1.45 bits per heavy atom. The fraction of sp³-hybridized carbons (Fsp3) is 0.0909. The molecule has 0 aliphatic rings. The Hall–Kier alpha value is -3.84. The van der Waals surface area contributed by atoms with Crippen LogP contribution in [0.25, 0.3) is 0 Å². The number of esters is 1. The summed E-state index contributed by atoms with van der Waals surface area (Å²) in [5, 5.41) is 19.9. The first kappa shape index (κ1) is 19.9. The highest BCUT2D eigenvalue weighted by molar-refractivity contribution is 5.95. The Labute approximate surface area is 167 Å². The number of carbonyl (C=O) groups is 2. The third kappa shape index (κ3) is 6.08. The van der Waals surface area contributed by atoms with Crippen LogP contribution in [0.3, 0.4) is 0 Å². The SMILES string of the molecule is O=C(COC(=O)c1ccc(CO)cc1)Nc1ccc(N=Nc2ccccc2)cc1. The van der Waals surface area contributed by atoms with Gasteiger partial charge in [0, 0.05) is 5.69 Å². The first-order chi connectivity index (χ1) is 14.1. The largest absolute Gasteiger partial charge is 0.452 e. The van der Waals surface area contributed by atoms with Gasteiger partial charge in [-0.3, -0.25) is 4.79 Å². The van der Waals surface area contributed by atoms with E-state index in [1.54, 1.807) is 36.4 Å². The van der Waals surface area contributed by atoms with Crippen molar-refractivity contribution in [1.82, 2.24) is 0 Å². The number of nitrogens with one attached hydrogen (secondary N) is 1. The fourth-order valence-electron chi connectivity index (χ4n) is 2.38. The molecule has 0 heterocycles. The monoisotopic (exact) mass is 389 g/mol. The second kappa shape index (κ2) is 9.91. The quantitative estimate of drug-likeness (QED) is 0.462. The summed E-state index contributed by atoms with van der Waals surface area (Å²) in [7, 11) is 0. The number of hydrogen-bond donors (Lipinski definition) is 2. The Balaban J connectivity index is 1.48. The highest BCUT2D eigenvalue weighted by Gasteiger charge is 2.10. The number of aliphatic hydroxyl groups excluding tert-OH is 1. The van der Waals surface area contributed by atoms with Crippen LogP contribution < -0.4 is 5.32 Å². The van der Waals surface area contributed by atoms with E-state index in [0.29, 0.717) is 22.5 Å². The topological polar surface area (TPSA) is 100 Å². The van der Waals surface area contributed by atoms with Gasteiger partial charge in [-0.2, -0.15) is 10.2 Å². The maximum atomic E-state index is 12.0. The summed E-state index contributed by atoms with van der Waals surface area (Å²) in [5.74, 6) is -1.06. The van der Waals surface area contributed by atoms with E-state index in [1.807, 2.05) is 30.3 Å². The molecule has 0 bridgehead atoms. The lowest BCUT2D eigenvalue weighted by Gasteiger charge is -2.07. The van der Waals surface area contributed by atoms with Crippen LogP contribution in [0.4, 0.5) is 17.1 Å². The summed E-state index contributed by atoms with van der Waals surface area (Å²) in [6.07, 6.45) is 0. The van der Waals surface area contributed by atoms with Crippen molar-refractivity contribution in [3.8, 4) is 0 Å². The standard InChI is InChI=1S/C22H19N3O4/c26-14-16-6-8-17(9-7-16)22(28)29-15-21(27)23-18-10-12-20(13-11-18)25-24-19-4-2-1-3-5-19/h1-13,26H,14-15H2,(H,23,27). The third-order valence-electron chi connectivity index (χ3n) is 3.89. The van der Waals surface area contributed by atoms with Crippen molar-refractivity contribution in [2.24, 2.45) is 10.2 Å². The van der Waals surface area contributed by atoms with Crippen LogP contribution in [0.2, 0.25) is 0 Å². The lowest BCUT2D eigenvalue weighted by Crippen LogP contribution is -2.20. The molecule has 3 rings (SSSR count). The smallest absolute Gasteiger partial charge is 0.338 e. The molecule has 1 amide bonds. The molecule has 146 valence electrons. The van der Waals surface area contributed by atoms with Crippen LogP contribution in [-0.4, -0.2) is 23.6 Å². The minimum atomic E-state index is -0.610. The van der Waals surface area contributed by atoms with Crippen LogP contribution in [0.5, 0.6) is 0 Å². The molecule has 0 radical (unpaired) electrons. The van der Waals surface area contributed by atoms with Gasteiger partial charge in [-0.25, -0.2) is 4.79 Å². The van der Waals surface area contributed by atoms with Crippen molar-refractivity contribution >= 4 is 28.9 Å². The molecule has 0 aliphatic heterocycles. The van der Waals surface area contributed by atoms with Gasteiger partial charge < -0.3 is 15.2 Å². The highest BCUT2D eigenvalue weighted by Crippen LogP contribution is 2.20. The van der Waals surface area contributed by atoms with E-state index in [-0.39, 0.29) is 6.61 Å². The van der Waals surface area contributed by atoms with Gasteiger partial charge in [0.05, 0.1) is 23.5 Å². The van der Waals surface area contributed by atoms with Crippen molar-refractivity contribution in [1.29, 1.82) is 0 Å². The molecule has 0 aromatic heterocycles. The molecule has 7 heteroatoms. The summed E-state index contributed by atoms with van der Waals surface area (Å²) in [4.78, 5) is 23.9. The molecule has 0 atom stereocenters. The van der Waals surface area contributed by atoms with Gasteiger partial charge >= 0.3 is 5.97 Å². The molecule has 0 saturated carbocycles. The summed E-state index contributed by atoms with van der Waals surface area (Å²) in [6.45, 7) is -0.514. The van der Waals surface area contributed by atoms with E-state index in [2.05, 4.69) is 15.5 Å². The van der Waals surface area contributed by atoms with E-state index >= 15 is 0 Å². The second-order valence-electron chi connectivity index (χ2n) is 6.06. The lowest BCUT2D eigenvalue weighted by atomic mass is 10.1. The Bertz CT molecular complexity index is 985. The number of amides is 1. The number of azo groups is 1. The normalized spacial score (nSPS) is 10.7. The van der Waals surface area contributed by atoms with Gasteiger partial charge in [0.15, 0.2) is 6.61 Å². The predicted octanol–water partition coefficient (Wildman–Crippen LogP) is 4.39. The van der Waals surface area contributed by atoms with Crippen LogP contribution in [0.15, 0.2) is 89.1 Å². The zero-order valence-electron chi connectivity index (χ0n) is 15.5. The summed E-state index contributed by atoms with van der Waals surface area (Å²) >= 11 is 0. The number of carbonyl (C=O) groups excluding carboxylic acids is 2. The number of ether oxygens (including phenoxy) is 1. The van der Waals surface area contributed by atoms with Crippen molar-refractivity contribution in [2.45, 2.75) is 6.61 Å². The molecule has 0 aliphatic carbocycles. The van der Waals surface area contributed by atoms with Crippen molar-refractivity contribution in [3.63, 3.8) is 0 Å². The molecule has 2 N–H and O–H groups in total. The summed E-state index contributed by atoms with van der Waals surface area (Å²) in [5.41, 5.74) is 2.94. The van der Waals surface area contributed by atoms with E-state index in [0.717, 1.165) is 5.69 Å². The molecule has 0 spiro atoms. The third-order valence-corrected chi connectivity index (χ3v) is 3.89. The first-order valence-corrected chi connectivity index (χ1v) is 8.88. The fourth-order valence-corrected chi connectivity index (χ4v) is 2.38. The van der Waals surface area contributed by atoms with Gasteiger partial charge in [-0.15, -0.1) is 0 Å². The van der Waals surface area contributed by atoms with Crippen LogP contribution >= 0.6 is 0 Å². The number of nitrogens with zero attached hydrogens (tertiary/aromatic N) is 2. The van der Waals surface area contributed by atoms with Gasteiger partial charge in [0.2, 0.25) is 0 Å². The molecule has 3 aromatic rings. The Morgan fingerprint density at radius 3 is 2.07 bits per heavy atom. The second-order valence-corrected chi connectivity index (χ2v) is 6.06. The van der Waals surface area contributed by atoms with Crippen LogP contribution in [-0.2, 0) is 16.1 Å². The highest BCUT2D eigenvalue weighted by atomic mass is 16.5. The molecule has 29 heavy (non-hydrogen) atoms. The number of hydrogen-bond acceptors (Lipinski definition) is 6. The number of rotatable bonds is 7. The Kier molecular flexibility index (Phi) is 6.80. The summed E-state index contributed by atoms with van der Waals surface area (Å²) < 4.78 is 5.00. The average molecular weight is 389 g/mol. The van der Waals surface area contributed by atoms with Crippen LogP contribution in [0.1, 0.15) is 15.9 Å². The van der Waals surface area contributed by atoms with E-state index in [1.165, 1.54) is 12.1 Å². The zero-order chi connectivity index (χ0) is 20.5. The minimum absolute atomic E-state index is 0.107. The minimum Gasteiger partial charge on any atom is -0.452 e. The molecule has 7 nitrogen and oxygen atoms in total. The number of anilines is 1. The van der Waals surface area contributed by atoms with Gasteiger partial charge in [-0.1, -0.05) is 30.3 Å². The van der Waals surface area contributed by atoms with E-state index in [4.69, 9.17) is 9.84 Å². The lowest BCUT2D eigenvalue weighted by molar-refractivity contribution is -0.119. The van der Waals surface area contributed by atoms with Crippen LogP contribution in [0, 0.1) is 0 Å². The van der Waals surface area contributed by atoms with Gasteiger partial charge in [-0.05, 0) is 54.1 Å². The van der Waals surface area contributed by atoms with Crippen molar-refractivity contribution in [2.75, 3.05) is 11.9 Å². The zero-order valence-corrected chi connectivity index (χ0v) is 15.5. The van der Waals surface area contributed by atoms with Crippen molar-refractivity contribution in [3.05, 3.63) is 90.0 Å². The molecule has 0 unspecified atom stereocenters. The van der Waals surface area contributed by atoms with Gasteiger partial charge in [0.25, 0.3) is 5.91 Å². The molecule has 0 saturated heterocycles. The summed E-state index contributed by atoms with van der Waals surface area (Å²) in [6, 6.07) is 22.5. The molecular formula is C22H19N3O4. The number of benzene rings is 3. The maximum absolute atomic E-state index is 12.0. The molecule has 3 aromatic carbocycles. The van der Waals surface area contributed by atoms with E-state index in [9.17, 15) is 9.59 Å². The average Bonchev–Trinajstić information content (AvgIpc) is 2.78. The Morgan fingerprint density at radius 1 is 0.828 bits per heavy atom. The first-order valence-electron chi connectivity index (χ1n) is 8.88. The predicted molar refractivity (Wildman–Crippen MR) is 108 cm³/mol. The van der Waals surface area contributed by atoms with Gasteiger partial charge in [0.1, 0.15) is 0 Å². The maximum Gasteiger partial charge on any atom is 0.338 e. The molecule has 0 fully saturated rings. The number of aliphatic hydroxyl groups is 1. The van der Waals surface area contributed by atoms with Crippen molar-refractivity contribution < 1.29 is 19.4 Å². The van der Waals surface area contributed by atoms with E-state index < -0.39 is 18.5 Å². The molecular weight excluding hydrogens is 370 g/mol.